The van der Waals surface area contributed by atoms with Gasteiger partial charge in [-0.25, -0.2) is 0 Å². The summed E-state index contributed by atoms with van der Waals surface area (Å²) in [6.07, 6.45) is 3.98. The molecule has 0 heterocycles. The van der Waals surface area contributed by atoms with Crippen molar-refractivity contribution in [3.63, 3.8) is 0 Å². The van der Waals surface area contributed by atoms with Gasteiger partial charge in [-0.15, -0.1) is 0 Å². The van der Waals surface area contributed by atoms with E-state index in [0.29, 0.717) is 0 Å². The Balaban J connectivity index is 3.19. The van der Waals surface area contributed by atoms with E-state index in [1.54, 1.807) is 6.20 Å². The minimum absolute atomic E-state index is 1.10. The van der Waals surface area contributed by atoms with Crippen molar-refractivity contribution in [2.75, 3.05) is 17.7 Å². The van der Waals surface area contributed by atoms with Gasteiger partial charge in [-0.2, -0.15) is 0 Å². The first kappa shape index (κ1) is 11.6. The Bertz CT molecular complexity index is 343. The molecule has 0 atom stereocenters. The molecule has 0 fully saturated rings. The van der Waals surface area contributed by atoms with E-state index >= 15 is 0 Å². The number of rotatable bonds is 5. The standard InChI is InChI=1S/C13H20N2/c1-5-7-11-9-8-10(3)12(15-6-2)13(11)14-4/h6,8-9,14-15H,2,5,7H2,1,3-4H3. The molecule has 1 rings (SSSR count). The highest BCUT2D eigenvalue weighted by Crippen LogP contribution is 2.30. The molecule has 2 nitrogen and oxygen atoms in total. The van der Waals surface area contributed by atoms with Crippen LogP contribution in [-0.4, -0.2) is 7.05 Å². The summed E-state index contributed by atoms with van der Waals surface area (Å²) in [7, 11) is 1.96. The zero-order valence-corrected chi connectivity index (χ0v) is 9.85. The van der Waals surface area contributed by atoms with Gasteiger partial charge in [-0.1, -0.05) is 32.1 Å². The number of benzene rings is 1. The Kier molecular flexibility index (Phi) is 4.22. The van der Waals surface area contributed by atoms with Crippen molar-refractivity contribution in [1.29, 1.82) is 0 Å². The number of nitrogens with one attached hydrogen (secondary N) is 2. The molecule has 0 aliphatic rings. The third-order valence-corrected chi connectivity index (χ3v) is 2.52. The lowest BCUT2D eigenvalue weighted by atomic mass is 10.0. The molecule has 0 spiro atoms. The average molecular weight is 204 g/mol. The Labute approximate surface area is 92.4 Å². The highest BCUT2D eigenvalue weighted by molar-refractivity contribution is 5.76. The third-order valence-electron chi connectivity index (χ3n) is 2.52. The van der Waals surface area contributed by atoms with E-state index in [4.69, 9.17) is 0 Å². The number of hydrogen-bond acceptors (Lipinski definition) is 2. The van der Waals surface area contributed by atoms with Gasteiger partial charge in [0, 0.05) is 7.05 Å². The minimum Gasteiger partial charge on any atom is -0.386 e. The average Bonchev–Trinajstić information content (AvgIpc) is 2.24. The molecule has 0 aliphatic heterocycles. The lowest BCUT2D eigenvalue weighted by molar-refractivity contribution is 0.922. The Morgan fingerprint density at radius 2 is 2.07 bits per heavy atom. The van der Waals surface area contributed by atoms with Crippen LogP contribution in [0.1, 0.15) is 24.5 Å². The van der Waals surface area contributed by atoms with Gasteiger partial charge in [0.05, 0.1) is 11.4 Å². The maximum absolute atomic E-state index is 3.71. The molecular weight excluding hydrogens is 184 g/mol. The topological polar surface area (TPSA) is 24.1 Å². The Hall–Kier alpha value is -1.44. The molecule has 0 bridgehead atoms. The molecule has 0 aliphatic carbocycles. The smallest absolute Gasteiger partial charge is 0.0647 e. The van der Waals surface area contributed by atoms with Crippen LogP contribution < -0.4 is 10.6 Å². The largest absolute Gasteiger partial charge is 0.386 e. The van der Waals surface area contributed by atoms with Crippen molar-refractivity contribution >= 4 is 11.4 Å². The van der Waals surface area contributed by atoms with E-state index in [1.165, 1.54) is 16.8 Å². The van der Waals surface area contributed by atoms with Crippen molar-refractivity contribution in [1.82, 2.24) is 0 Å². The summed E-state index contributed by atoms with van der Waals surface area (Å²) in [5.41, 5.74) is 4.92. The van der Waals surface area contributed by atoms with E-state index in [2.05, 4.69) is 43.2 Å². The van der Waals surface area contributed by atoms with Crippen molar-refractivity contribution in [3.8, 4) is 0 Å². The molecule has 0 aromatic heterocycles. The second kappa shape index (κ2) is 5.44. The van der Waals surface area contributed by atoms with E-state index in [0.717, 1.165) is 18.5 Å². The molecule has 1 aromatic carbocycles. The third kappa shape index (κ3) is 2.52. The van der Waals surface area contributed by atoms with Crippen LogP contribution in [0.4, 0.5) is 11.4 Å². The zero-order valence-electron chi connectivity index (χ0n) is 9.85. The Morgan fingerprint density at radius 1 is 1.33 bits per heavy atom. The van der Waals surface area contributed by atoms with Crippen LogP contribution in [0, 0.1) is 6.92 Å². The summed E-state index contributed by atoms with van der Waals surface area (Å²) in [4.78, 5) is 0. The predicted molar refractivity (Wildman–Crippen MR) is 68.5 cm³/mol. The molecule has 0 saturated heterocycles. The fourth-order valence-corrected chi connectivity index (χ4v) is 1.80. The van der Waals surface area contributed by atoms with Gasteiger partial charge < -0.3 is 10.6 Å². The lowest BCUT2D eigenvalue weighted by Crippen LogP contribution is -2.02. The van der Waals surface area contributed by atoms with E-state index in [9.17, 15) is 0 Å². The fraction of sp³-hybridized carbons (Fsp3) is 0.385. The normalized spacial score (nSPS) is 9.80. The molecule has 0 amide bonds. The van der Waals surface area contributed by atoms with E-state index in [1.807, 2.05) is 7.05 Å². The summed E-state index contributed by atoms with van der Waals surface area (Å²) in [5, 5.41) is 6.46. The van der Waals surface area contributed by atoms with Crippen LogP contribution in [0.15, 0.2) is 24.9 Å². The maximum Gasteiger partial charge on any atom is 0.0647 e. The van der Waals surface area contributed by atoms with Gasteiger partial charge in [0.2, 0.25) is 0 Å². The molecule has 0 saturated carbocycles. The van der Waals surface area contributed by atoms with Crippen LogP contribution in [0.5, 0.6) is 0 Å². The highest BCUT2D eigenvalue weighted by atomic mass is 14.9. The summed E-state index contributed by atoms with van der Waals surface area (Å²) in [5.74, 6) is 0. The van der Waals surface area contributed by atoms with Crippen LogP contribution in [0.3, 0.4) is 0 Å². The van der Waals surface area contributed by atoms with Gasteiger partial charge >= 0.3 is 0 Å². The summed E-state index contributed by atoms with van der Waals surface area (Å²) >= 11 is 0. The van der Waals surface area contributed by atoms with Gasteiger partial charge in [-0.3, -0.25) is 0 Å². The lowest BCUT2D eigenvalue weighted by Gasteiger charge is -2.16. The number of aryl methyl sites for hydroxylation is 2. The molecule has 2 heteroatoms. The van der Waals surface area contributed by atoms with Crippen LogP contribution >= 0.6 is 0 Å². The molecule has 2 N–H and O–H groups in total. The van der Waals surface area contributed by atoms with Gasteiger partial charge in [0.25, 0.3) is 0 Å². The van der Waals surface area contributed by atoms with Gasteiger partial charge in [0.15, 0.2) is 0 Å². The van der Waals surface area contributed by atoms with E-state index in [-0.39, 0.29) is 0 Å². The highest BCUT2D eigenvalue weighted by Gasteiger charge is 2.08. The molecule has 1 aromatic rings. The second-order valence-corrected chi connectivity index (χ2v) is 3.64. The van der Waals surface area contributed by atoms with Crippen LogP contribution in [0.2, 0.25) is 0 Å². The fourth-order valence-electron chi connectivity index (χ4n) is 1.80. The van der Waals surface area contributed by atoms with Crippen molar-refractivity contribution < 1.29 is 0 Å². The SMILES string of the molecule is C=CNc1c(C)ccc(CCC)c1NC. The zero-order chi connectivity index (χ0) is 11.3. The molecular formula is C13H20N2. The van der Waals surface area contributed by atoms with Crippen LogP contribution in [-0.2, 0) is 6.42 Å². The van der Waals surface area contributed by atoms with Crippen LogP contribution in [0.25, 0.3) is 0 Å². The summed E-state index contributed by atoms with van der Waals surface area (Å²) < 4.78 is 0. The van der Waals surface area contributed by atoms with Crippen molar-refractivity contribution in [3.05, 3.63) is 36.0 Å². The second-order valence-electron chi connectivity index (χ2n) is 3.64. The Morgan fingerprint density at radius 3 is 2.60 bits per heavy atom. The van der Waals surface area contributed by atoms with E-state index < -0.39 is 0 Å². The minimum atomic E-state index is 1.10. The first-order chi connectivity index (χ1) is 7.24. The van der Waals surface area contributed by atoms with Gasteiger partial charge in [-0.05, 0) is 30.7 Å². The molecule has 15 heavy (non-hydrogen) atoms. The number of hydrogen-bond donors (Lipinski definition) is 2. The van der Waals surface area contributed by atoms with Crippen molar-refractivity contribution in [2.45, 2.75) is 26.7 Å². The quantitative estimate of drug-likeness (QED) is 0.766. The first-order valence-electron chi connectivity index (χ1n) is 5.42. The monoisotopic (exact) mass is 204 g/mol. The number of anilines is 2. The predicted octanol–water partition coefficient (Wildman–Crippen LogP) is 3.54. The molecule has 0 radical (unpaired) electrons. The summed E-state index contributed by atoms with van der Waals surface area (Å²) in [6, 6.07) is 4.34. The first-order valence-corrected chi connectivity index (χ1v) is 5.42. The van der Waals surface area contributed by atoms with Crippen molar-refractivity contribution in [2.24, 2.45) is 0 Å². The molecule has 0 unspecified atom stereocenters. The maximum atomic E-state index is 3.71. The molecule has 82 valence electrons. The van der Waals surface area contributed by atoms with Gasteiger partial charge in [0.1, 0.15) is 0 Å². The summed E-state index contributed by atoms with van der Waals surface area (Å²) in [6.45, 7) is 8.00.